The Kier molecular flexibility index (Phi) is 7.66. The summed E-state index contributed by atoms with van der Waals surface area (Å²) < 4.78 is 5.36. The van der Waals surface area contributed by atoms with Crippen molar-refractivity contribution in [1.29, 1.82) is 0 Å². The molecule has 1 heterocycles. The first-order valence-corrected chi connectivity index (χ1v) is 10.5. The first-order chi connectivity index (χ1) is 16.6. The number of nitrogens with one attached hydrogen (secondary N) is 1. The zero-order chi connectivity index (χ0) is 25.7. The van der Waals surface area contributed by atoms with E-state index < -0.39 is 47.7 Å². The molecule has 0 aliphatic carbocycles. The molecular weight excluding hydrogens is 462 g/mol. The third-order valence-corrected chi connectivity index (χ3v) is 5.36. The molecule has 12 nitrogen and oxygen atoms in total. The summed E-state index contributed by atoms with van der Waals surface area (Å²) in [5.74, 6) is -4.72. The maximum atomic E-state index is 12.5. The van der Waals surface area contributed by atoms with Crippen LogP contribution >= 0.6 is 0 Å². The number of benzene rings is 2. The monoisotopic (exact) mass is 485 g/mol. The number of phenolic OH excluding ortho intramolecular Hbond substituents is 1. The van der Waals surface area contributed by atoms with E-state index in [9.17, 15) is 34.2 Å². The molecule has 1 saturated heterocycles. The number of Topliss-reactive ketones (excluding diaryl/α,β-unsaturated/α-hetero) is 1. The van der Waals surface area contributed by atoms with Crippen LogP contribution in [0.25, 0.3) is 0 Å². The van der Waals surface area contributed by atoms with E-state index in [2.05, 4.69) is 5.32 Å². The van der Waals surface area contributed by atoms with Gasteiger partial charge in [-0.1, -0.05) is 12.1 Å². The number of carbonyl (C=O) groups is 5. The number of carboxylic acid groups (broad SMARTS) is 2. The Bertz CT molecular complexity index is 1130. The van der Waals surface area contributed by atoms with Crippen LogP contribution in [-0.4, -0.2) is 75.0 Å². The highest BCUT2D eigenvalue weighted by molar-refractivity contribution is 6.43. The molecule has 2 aromatic carbocycles. The molecule has 1 fully saturated rings. The van der Waals surface area contributed by atoms with E-state index in [1.807, 2.05) is 0 Å². The van der Waals surface area contributed by atoms with Gasteiger partial charge in [0.25, 0.3) is 5.91 Å². The zero-order valence-corrected chi connectivity index (χ0v) is 18.3. The Morgan fingerprint density at radius 3 is 2.20 bits per heavy atom. The first-order valence-electron chi connectivity index (χ1n) is 10.5. The number of likely N-dealkylation sites (tertiary alicyclic amines) is 1. The third kappa shape index (κ3) is 5.92. The quantitative estimate of drug-likeness (QED) is 0.163. The van der Waals surface area contributed by atoms with E-state index in [1.165, 1.54) is 48.5 Å². The van der Waals surface area contributed by atoms with E-state index in [4.69, 9.17) is 15.6 Å². The van der Waals surface area contributed by atoms with Gasteiger partial charge in [-0.15, -0.1) is 0 Å². The Morgan fingerprint density at radius 2 is 1.66 bits per heavy atom. The van der Waals surface area contributed by atoms with E-state index in [0.29, 0.717) is 5.75 Å². The first kappa shape index (κ1) is 25.2. The van der Waals surface area contributed by atoms with Crippen LogP contribution in [0.1, 0.15) is 28.4 Å². The fourth-order valence-corrected chi connectivity index (χ4v) is 3.39. The Morgan fingerprint density at radius 1 is 1.03 bits per heavy atom. The fourth-order valence-electron chi connectivity index (χ4n) is 3.39. The van der Waals surface area contributed by atoms with E-state index in [1.54, 1.807) is 0 Å². The lowest BCUT2D eigenvalue weighted by Crippen LogP contribution is -2.66. The highest BCUT2D eigenvalue weighted by atomic mass is 16.5. The van der Waals surface area contributed by atoms with Crippen LogP contribution in [0, 0.1) is 0 Å². The summed E-state index contributed by atoms with van der Waals surface area (Å²) in [5.41, 5.74) is 5.69. The number of β-lactam (4-membered cyclic amide) rings is 1. The number of carboxylic acids is 2. The number of amides is 2. The van der Waals surface area contributed by atoms with Gasteiger partial charge in [0.1, 0.15) is 23.6 Å². The molecule has 0 radical (unpaired) electrons. The number of ether oxygens (including phenoxy) is 1. The number of rotatable bonds is 11. The van der Waals surface area contributed by atoms with Crippen molar-refractivity contribution < 1.29 is 44.0 Å². The average molecular weight is 485 g/mol. The average Bonchev–Trinajstić information content (AvgIpc) is 2.83. The summed E-state index contributed by atoms with van der Waals surface area (Å²) in [6.07, 6.45) is 0.0837. The molecule has 2 amide bonds. The molecule has 6 N–H and O–H groups in total. The number of aliphatic carboxylic acids is 2. The van der Waals surface area contributed by atoms with Crippen LogP contribution in [0.4, 0.5) is 0 Å². The summed E-state index contributed by atoms with van der Waals surface area (Å²) in [6, 6.07) is 7.49. The standard InChI is InChI=1S/C23H23N3O9/c24-16(22(31)32)9-10-35-15-7-3-13(4-8-15)19(28)20(29)25-17-11-26(21(17)30)18(23(33)34)12-1-5-14(27)6-2-12/h1-8,16-18,27H,9-11,24H2,(H,25,29)(H,31,32)(H,33,34)/t16-,17+,18-/m0/s1. The highest BCUT2D eigenvalue weighted by Gasteiger charge is 2.45. The second-order valence-corrected chi connectivity index (χ2v) is 7.78. The van der Waals surface area contributed by atoms with Gasteiger partial charge in [0.2, 0.25) is 11.7 Å². The Balaban J connectivity index is 1.54. The van der Waals surface area contributed by atoms with Crippen molar-refractivity contribution in [3.8, 4) is 11.5 Å². The van der Waals surface area contributed by atoms with Gasteiger partial charge < -0.3 is 36.0 Å². The minimum absolute atomic E-state index is 0.0354. The fraction of sp³-hybridized carbons (Fsp3) is 0.261. The van der Waals surface area contributed by atoms with Gasteiger partial charge in [-0.2, -0.15) is 0 Å². The minimum atomic E-state index is -1.30. The SMILES string of the molecule is N[C@@H](CCOc1ccc(C(=O)C(=O)N[C@@H]2CN([C@H](C(=O)O)c3ccc(O)cc3)C2=O)cc1)C(=O)O. The molecule has 35 heavy (non-hydrogen) atoms. The largest absolute Gasteiger partial charge is 0.508 e. The molecule has 0 saturated carbocycles. The molecule has 0 bridgehead atoms. The smallest absolute Gasteiger partial charge is 0.331 e. The molecule has 0 aromatic heterocycles. The molecule has 3 rings (SSSR count). The van der Waals surface area contributed by atoms with Crippen molar-refractivity contribution in [2.24, 2.45) is 5.73 Å². The van der Waals surface area contributed by atoms with Crippen molar-refractivity contribution in [3.63, 3.8) is 0 Å². The van der Waals surface area contributed by atoms with Crippen molar-refractivity contribution >= 4 is 29.5 Å². The molecule has 0 unspecified atom stereocenters. The lowest BCUT2D eigenvalue weighted by molar-refractivity contribution is -0.160. The van der Waals surface area contributed by atoms with Gasteiger partial charge in [-0.25, -0.2) is 4.79 Å². The topological polar surface area (TPSA) is 197 Å². The molecule has 1 aliphatic rings. The van der Waals surface area contributed by atoms with Crippen LogP contribution in [-0.2, 0) is 19.2 Å². The van der Waals surface area contributed by atoms with Crippen molar-refractivity contribution in [2.75, 3.05) is 13.2 Å². The summed E-state index contributed by atoms with van der Waals surface area (Å²) in [5, 5.41) is 30.0. The van der Waals surface area contributed by atoms with E-state index >= 15 is 0 Å². The number of nitrogens with zero attached hydrogens (tertiary/aromatic N) is 1. The van der Waals surface area contributed by atoms with Crippen LogP contribution in [0.15, 0.2) is 48.5 Å². The predicted molar refractivity (Wildman–Crippen MR) is 119 cm³/mol. The van der Waals surface area contributed by atoms with E-state index in [0.717, 1.165) is 4.90 Å². The number of phenols is 1. The Labute approximate surface area is 198 Å². The molecule has 3 atom stereocenters. The van der Waals surface area contributed by atoms with Crippen LogP contribution in [0.5, 0.6) is 11.5 Å². The van der Waals surface area contributed by atoms with Gasteiger partial charge in [0.05, 0.1) is 13.2 Å². The van der Waals surface area contributed by atoms with Gasteiger partial charge in [-0.05, 0) is 42.0 Å². The zero-order valence-electron chi connectivity index (χ0n) is 18.3. The van der Waals surface area contributed by atoms with Gasteiger partial charge in [0.15, 0.2) is 6.04 Å². The minimum Gasteiger partial charge on any atom is -0.508 e. The number of aromatic hydroxyl groups is 1. The molecular formula is C23H23N3O9. The van der Waals surface area contributed by atoms with E-state index in [-0.39, 0.29) is 36.4 Å². The number of nitrogens with two attached hydrogens (primary N) is 1. The molecule has 2 aromatic rings. The van der Waals surface area contributed by atoms with Gasteiger partial charge in [0, 0.05) is 12.0 Å². The van der Waals surface area contributed by atoms with Crippen molar-refractivity contribution in [3.05, 3.63) is 59.7 Å². The number of hydrogen-bond donors (Lipinski definition) is 5. The summed E-state index contributed by atoms with van der Waals surface area (Å²) in [7, 11) is 0. The van der Waals surface area contributed by atoms with Crippen LogP contribution in [0.2, 0.25) is 0 Å². The van der Waals surface area contributed by atoms with Gasteiger partial charge >= 0.3 is 11.9 Å². The normalized spacial score (nSPS) is 16.5. The maximum Gasteiger partial charge on any atom is 0.331 e. The second kappa shape index (κ2) is 10.7. The highest BCUT2D eigenvalue weighted by Crippen LogP contribution is 2.28. The number of carbonyl (C=O) groups excluding carboxylic acids is 3. The van der Waals surface area contributed by atoms with Crippen LogP contribution < -0.4 is 15.8 Å². The van der Waals surface area contributed by atoms with Gasteiger partial charge in [-0.3, -0.25) is 19.2 Å². The molecule has 184 valence electrons. The van der Waals surface area contributed by atoms with Crippen LogP contribution in [0.3, 0.4) is 0 Å². The number of ketones is 1. The third-order valence-electron chi connectivity index (χ3n) is 5.36. The predicted octanol–water partition coefficient (Wildman–Crippen LogP) is -0.0914. The lowest BCUT2D eigenvalue weighted by atomic mass is 9.98. The Hall–Kier alpha value is -4.45. The second-order valence-electron chi connectivity index (χ2n) is 7.78. The van der Waals surface area contributed by atoms with Crippen molar-refractivity contribution in [2.45, 2.75) is 24.5 Å². The maximum absolute atomic E-state index is 12.5. The molecule has 1 aliphatic heterocycles. The molecule has 12 heteroatoms. The molecule has 0 spiro atoms. The summed E-state index contributed by atoms with van der Waals surface area (Å²) in [4.78, 5) is 60.7. The number of hydrogen-bond acceptors (Lipinski definition) is 8. The van der Waals surface area contributed by atoms with Crippen molar-refractivity contribution in [1.82, 2.24) is 10.2 Å². The lowest BCUT2D eigenvalue weighted by Gasteiger charge is -2.42. The summed E-state index contributed by atoms with van der Waals surface area (Å²) in [6.45, 7) is -0.0655. The summed E-state index contributed by atoms with van der Waals surface area (Å²) >= 11 is 0.